The first-order chi connectivity index (χ1) is 13.4. The molecule has 0 spiro atoms. The highest BCUT2D eigenvalue weighted by Crippen LogP contribution is 2.29. The van der Waals surface area contributed by atoms with E-state index in [1.807, 2.05) is 0 Å². The number of morpholine rings is 1. The number of rotatable bonds is 5. The summed E-state index contributed by atoms with van der Waals surface area (Å²) in [6.07, 6.45) is 0.926. The summed E-state index contributed by atoms with van der Waals surface area (Å²) in [5, 5.41) is 1.50. The van der Waals surface area contributed by atoms with Gasteiger partial charge in [-0.3, -0.25) is 4.40 Å². The Kier molecular flexibility index (Phi) is 5.27. The van der Waals surface area contributed by atoms with Crippen LogP contribution in [0.25, 0.3) is 4.96 Å². The van der Waals surface area contributed by atoms with Gasteiger partial charge in [0, 0.05) is 30.7 Å². The molecule has 2 aromatic heterocycles. The minimum atomic E-state index is -3.94. The number of ether oxygens (including phenoxy) is 2. The Morgan fingerprint density at radius 2 is 2.21 bits per heavy atom. The predicted molar refractivity (Wildman–Crippen MR) is 98.4 cm³/mol. The van der Waals surface area contributed by atoms with Gasteiger partial charge in [0.25, 0.3) is 10.0 Å². The molecule has 4 rings (SSSR count). The van der Waals surface area contributed by atoms with Gasteiger partial charge in [-0.05, 0) is 12.1 Å². The highest BCUT2D eigenvalue weighted by atomic mass is 35.5. The molecule has 1 unspecified atom stereocenters. The van der Waals surface area contributed by atoms with Crippen molar-refractivity contribution in [1.29, 1.82) is 0 Å². The second kappa shape index (κ2) is 7.56. The summed E-state index contributed by atoms with van der Waals surface area (Å²) in [5.74, 6) is -1.62. The van der Waals surface area contributed by atoms with Gasteiger partial charge in [0.2, 0.25) is 0 Å². The zero-order chi connectivity index (χ0) is 19.9. The molecule has 0 N–H and O–H groups in total. The second-order valence-electron chi connectivity index (χ2n) is 6.00. The van der Waals surface area contributed by atoms with Gasteiger partial charge >= 0.3 is 0 Å². The molecule has 1 saturated heterocycles. The first-order valence-corrected chi connectivity index (χ1v) is 10.9. The zero-order valence-corrected chi connectivity index (χ0v) is 16.6. The lowest BCUT2D eigenvalue weighted by Crippen LogP contribution is -2.47. The van der Waals surface area contributed by atoms with Crippen LogP contribution in [0, 0.1) is 11.6 Å². The highest BCUT2D eigenvalue weighted by Gasteiger charge is 2.35. The van der Waals surface area contributed by atoms with Crippen molar-refractivity contribution in [2.75, 3.05) is 26.3 Å². The Bertz CT molecular complexity index is 1120. The van der Waals surface area contributed by atoms with Gasteiger partial charge in [0.15, 0.2) is 26.7 Å². The number of sulfonamides is 1. The van der Waals surface area contributed by atoms with Crippen molar-refractivity contribution in [3.8, 4) is 5.75 Å². The molecule has 150 valence electrons. The zero-order valence-electron chi connectivity index (χ0n) is 14.2. The van der Waals surface area contributed by atoms with E-state index in [4.69, 9.17) is 21.1 Å². The molecule has 12 heteroatoms. The SMILES string of the molecule is O=S(=O)(c1c(Cl)nc2sccn12)N1CCOC(COc2cc(F)ccc2F)C1. The van der Waals surface area contributed by atoms with Crippen LogP contribution in [0.4, 0.5) is 8.78 Å². The Hall–Kier alpha value is -1.79. The largest absolute Gasteiger partial charge is 0.488 e. The van der Waals surface area contributed by atoms with E-state index in [2.05, 4.69) is 4.98 Å². The molecule has 3 aromatic rings. The minimum Gasteiger partial charge on any atom is -0.488 e. The summed E-state index contributed by atoms with van der Waals surface area (Å²) in [6.45, 7) is 0.0936. The van der Waals surface area contributed by atoms with Gasteiger partial charge in [0.05, 0.1) is 6.61 Å². The van der Waals surface area contributed by atoms with Crippen LogP contribution in [0.5, 0.6) is 5.75 Å². The van der Waals surface area contributed by atoms with Crippen LogP contribution >= 0.6 is 22.9 Å². The Labute approximate surface area is 168 Å². The maximum absolute atomic E-state index is 13.7. The lowest BCUT2D eigenvalue weighted by atomic mass is 10.3. The number of nitrogens with zero attached hydrogens (tertiary/aromatic N) is 3. The van der Waals surface area contributed by atoms with E-state index in [0.717, 1.165) is 18.2 Å². The lowest BCUT2D eigenvalue weighted by molar-refractivity contribution is -0.0256. The van der Waals surface area contributed by atoms with Gasteiger partial charge in [-0.2, -0.15) is 4.31 Å². The summed E-state index contributed by atoms with van der Waals surface area (Å²) in [5.41, 5.74) is 0. The van der Waals surface area contributed by atoms with Crippen LogP contribution in [0.3, 0.4) is 0 Å². The molecule has 1 atom stereocenters. The minimum absolute atomic E-state index is 0.0209. The third-order valence-electron chi connectivity index (χ3n) is 4.18. The van der Waals surface area contributed by atoms with E-state index < -0.39 is 27.8 Å². The summed E-state index contributed by atoms with van der Waals surface area (Å²) < 4.78 is 66.5. The monoisotopic (exact) mass is 449 g/mol. The topological polar surface area (TPSA) is 73.1 Å². The maximum atomic E-state index is 13.7. The fourth-order valence-corrected chi connectivity index (χ4v) is 5.74. The molecule has 0 saturated carbocycles. The summed E-state index contributed by atoms with van der Waals surface area (Å²) in [4.78, 5) is 4.53. The average molecular weight is 450 g/mol. The third-order valence-corrected chi connectivity index (χ3v) is 7.20. The molecule has 1 aliphatic rings. The highest BCUT2D eigenvalue weighted by molar-refractivity contribution is 7.89. The molecule has 1 aromatic carbocycles. The molecule has 0 bridgehead atoms. The van der Waals surface area contributed by atoms with Crippen molar-refractivity contribution in [2.24, 2.45) is 0 Å². The average Bonchev–Trinajstić information content (AvgIpc) is 3.22. The second-order valence-corrected chi connectivity index (χ2v) is 9.09. The summed E-state index contributed by atoms with van der Waals surface area (Å²) in [7, 11) is -3.94. The Morgan fingerprint density at radius 3 is 3.04 bits per heavy atom. The molecule has 1 aliphatic heterocycles. The van der Waals surface area contributed by atoms with Crippen molar-refractivity contribution in [2.45, 2.75) is 11.1 Å². The molecular weight excluding hydrogens is 436 g/mol. The molecule has 28 heavy (non-hydrogen) atoms. The van der Waals surface area contributed by atoms with E-state index in [1.54, 1.807) is 11.6 Å². The molecule has 0 radical (unpaired) electrons. The van der Waals surface area contributed by atoms with E-state index in [-0.39, 0.29) is 42.2 Å². The van der Waals surface area contributed by atoms with Crippen LogP contribution in [-0.2, 0) is 14.8 Å². The number of thiazole rings is 1. The first kappa shape index (κ1) is 19.5. The Morgan fingerprint density at radius 1 is 1.39 bits per heavy atom. The summed E-state index contributed by atoms with van der Waals surface area (Å²) >= 11 is 7.33. The number of fused-ring (bicyclic) bond motifs is 1. The van der Waals surface area contributed by atoms with Crippen LogP contribution in [0.2, 0.25) is 5.15 Å². The number of aromatic nitrogens is 2. The number of imidazole rings is 1. The maximum Gasteiger partial charge on any atom is 0.262 e. The fourth-order valence-electron chi connectivity index (χ4n) is 2.87. The number of hydrogen-bond acceptors (Lipinski definition) is 6. The standard InChI is InChI=1S/C16H14ClF2N3O4S2/c17-14-15(22-4-6-27-16(22)20-14)28(23,24)21-3-5-25-11(8-21)9-26-13-7-10(18)1-2-12(13)19/h1-2,4,6-7,11H,3,5,8-9H2. The lowest BCUT2D eigenvalue weighted by Gasteiger charge is -2.31. The molecule has 0 aliphatic carbocycles. The Balaban J connectivity index is 1.51. The third kappa shape index (κ3) is 3.60. The van der Waals surface area contributed by atoms with Crippen molar-refractivity contribution in [3.05, 3.63) is 46.6 Å². The van der Waals surface area contributed by atoms with Gasteiger partial charge < -0.3 is 9.47 Å². The van der Waals surface area contributed by atoms with E-state index in [1.165, 1.54) is 20.0 Å². The molecule has 7 nitrogen and oxygen atoms in total. The van der Waals surface area contributed by atoms with E-state index >= 15 is 0 Å². The molecule has 3 heterocycles. The van der Waals surface area contributed by atoms with E-state index in [9.17, 15) is 17.2 Å². The van der Waals surface area contributed by atoms with E-state index in [0.29, 0.717) is 4.96 Å². The van der Waals surface area contributed by atoms with Gasteiger partial charge in [-0.15, -0.1) is 11.3 Å². The van der Waals surface area contributed by atoms with Crippen LogP contribution in [0.1, 0.15) is 0 Å². The van der Waals surface area contributed by atoms with Gasteiger partial charge in [-0.1, -0.05) is 11.6 Å². The smallest absolute Gasteiger partial charge is 0.262 e. The van der Waals surface area contributed by atoms with Crippen LogP contribution in [0.15, 0.2) is 34.8 Å². The number of halogens is 3. The van der Waals surface area contributed by atoms with Crippen LogP contribution in [-0.4, -0.2) is 54.5 Å². The van der Waals surface area contributed by atoms with Gasteiger partial charge in [-0.25, -0.2) is 22.2 Å². The van der Waals surface area contributed by atoms with Crippen molar-refractivity contribution in [1.82, 2.24) is 13.7 Å². The van der Waals surface area contributed by atoms with Gasteiger partial charge in [0.1, 0.15) is 18.5 Å². The van der Waals surface area contributed by atoms with Crippen LogP contribution < -0.4 is 4.74 Å². The summed E-state index contributed by atoms with van der Waals surface area (Å²) in [6, 6.07) is 2.86. The predicted octanol–water partition coefficient (Wildman–Crippen LogP) is 2.80. The number of hydrogen-bond donors (Lipinski definition) is 0. The van der Waals surface area contributed by atoms with Crippen molar-refractivity contribution < 1.29 is 26.7 Å². The molecular formula is C16H14ClF2N3O4S2. The fraction of sp³-hybridized carbons (Fsp3) is 0.312. The normalized spacial score (nSPS) is 18.6. The first-order valence-electron chi connectivity index (χ1n) is 8.17. The van der Waals surface area contributed by atoms with Crippen molar-refractivity contribution >= 4 is 37.9 Å². The quantitative estimate of drug-likeness (QED) is 0.599. The van der Waals surface area contributed by atoms with Crippen molar-refractivity contribution in [3.63, 3.8) is 0 Å². The molecule has 0 amide bonds. The number of benzene rings is 1. The molecule has 1 fully saturated rings.